The summed E-state index contributed by atoms with van der Waals surface area (Å²) in [7, 11) is 0. The lowest BCUT2D eigenvalue weighted by molar-refractivity contribution is -0.140. The summed E-state index contributed by atoms with van der Waals surface area (Å²) in [5.41, 5.74) is 5.83. The van der Waals surface area contributed by atoms with Gasteiger partial charge in [0.2, 0.25) is 0 Å². The van der Waals surface area contributed by atoms with Crippen LogP contribution in [-0.4, -0.2) is 17.1 Å². The average molecular weight is 243 g/mol. The molecule has 0 aliphatic rings. The minimum absolute atomic E-state index is 0.00947. The molecule has 0 aromatic carbocycles. The Hall–Kier alpha value is -0.570. The van der Waals surface area contributed by atoms with E-state index in [4.69, 9.17) is 10.8 Å². The molecule has 2 atom stereocenters. The average Bonchev–Trinajstić information content (AvgIpc) is 2.26. The molecule has 2 unspecified atom stereocenters. The summed E-state index contributed by atoms with van der Waals surface area (Å²) in [5.74, 6) is -0.732. The highest BCUT2D eigenvalue weighted by Crippen LogP contribution is 2.33. The van der Waals surface area contributed by atoms with Crippen LogP contribution in [0.4, 0.5) is 0 Å². The normalized spacial score (nSPS) is 16.5. The van der Waals surface area contributed by atoms with Crippen LogP contribution in [0.3, 0.4) is 0 Å². The Morgan fingerprint density at radius 3 is 2.29 bits per heavy atom. The van der Waals surface area contributed by atoms with Crippen LogP contribution < -0.4 is 5.73 Å². The zero-order chi connectivity index (χ0) is 13.3. The predicted molar refractivity (Wildman–Crippen MR) is 72.0 cm³/mol. The third-order valence-corrected chi connectivity index (χ3v) is 3.74. The van der Waals surface area contributed by atoms with E-state index in [9.17, 15) is 4.79 Å². The van der Waals surface area contributed by atoms with E-state index in [0.717, 1.165) is 19.3 Å². The van der Waals surface area contributed by atoms with E-state index >= 15 is 0 Å². The molecule has 3 nitrogen and oxygen atoms in total. The molecular formula is C14H29NO2. The number of unbranched alkanes of at least 4 members (excludes halogenated alkanes) is 4. The first-order valence-electron chi connectivity index (χ1n) is 6.93. The van der Waals surface area contributed by atoms with Gasteiger partial charge in [-0.3, -0.25) is 4.79 Å². The molecule has 3 heteroatoms. The van der Waals surface area contributed by atoms with Gasteiger partial charge in [-0.2, -0.15) is 0 Å². The molecule has 17 heavy (non-hydrogen) atoms. The fourth-order valence-electron chi connectivity index (χ4n) is 2.38. The molecule has 102 valence electrons. The minimum Gasteiger partial charge on any atom is -0.481 e. The number of carbonyl (C=O) groups is 1. The molecule has 0 saturated heterocycles. The smallest absolute Gasteiger partial charge is 0.303 e. The summed E-state index contributed by atoms with van der Waals surface area (Å²) >= 11 is 0. The zero-order valence-electron chi connectivity index (χ0n) is 11.7. The summed E-state index contributed by atoms with van der Waals surface area (Å²) in [4.78, 5) is 10.9. The summed E-state index contributed by atoms with van der Waals surface area (Å²) in [6.45, 7) is 6.25. The predicted octanol–water partition coefficient (Wildman–Crippen LogP) is 3.57. The van der Waals surface area contributed by atoms with E-state index in [1.165, 1.54) is 25.7 Å². The van der Waals surface area contributed by atoms with Crippen LogP contribution in [0.2, 0.25) is 0 Å². The highest BCUT2D eigenvalue weighted by molar-refractivity contribution is 5.67. The number of carboxylic acid groups (broad SMARTS) is 1. The van der Waals surface area contributed by atoms with Gasteiger partial charge in [0.25, 0.3) is 0 Å². The van der Waals surface area contributed by atoms with Crippen LogP contribution >= 0.6 is 0 Å². The third-order valence-electron chi connectivity index (χ3n) is 3.74. The Balaban J connectivity index is 4.15. The minimum atomic E-state index is -0.732. The van der Waals surface area contributed by atoms with Crippen LogP contribution in [0.25, 0.3) is 0 Å². The highest BCUT2D eigenvalue weighted by Gasteiger charge is 2.32. The first kappa shape index (κ1) is 16.4. The SMILES string of the molecule is CCCCCCCC(C)(CC(=O)O)C(N)CC. The van der Waals surface area contributed by atoms with Crippen molar-refractivity contribution in [3.63, 3.8) is 0 Å². The highest BCUT2D eigenvalue weighted by atomic mass is 16.4. The maximum absolute atomic E-state index is 10.9. The molecule has 0 spiro atoms. The van der Waals surface area contributed by atoms with E-state index in [2.05, 4.69) is 6.92 Å². The molecular weight excluding hydrogens is 214 g/mol. The lowest BCUT2D eigenvalue weighted by Crippen LogP contribution is -2.40. The maximum Gasteiger partial charge on any atom is 0.303 e. The number of carboxylic acids is 1. The Morgan fingerprint density at radius 1 is 1.24 bits per heavy atom. The summed E-state index contributed by atoms with van der Waals surface area (Å²) < 4.78 is 0. The van der Waals surface area contributed by atoms with Crippen molar-refractivity contribution >= 4 is 5.97 Å². The number of rotatable bonds is 10. The molecule has 0 radical (unpaired) electrons. The Kier molecular flexibility index (Phi) is 8.23. The first-order valence-corrected chi connectivity index (χ1v) is 6.93. The van der Waals surface area contributed by atoms with Crippen LogP contribution in [0.1, 0.15) is 72.1 Å². The standard InChI is InChI=1S/C14H29NO2/c1-4-6-7-8-9-10-14(3,11-13(16)17)12(15)5-2/h12H,4-11,15H2,1-3H3,(H,16,17). The third kappa shape index (κ3) is 6.67. The van der Waals surface area contributed by atoms with Crippen molar-refractivity contribution in [2.45, 2.75) is 78.2 Å². The second-order valence-corrected chi connectivity index (χ2v) is 5.40. The molecule has 0 rings (SSSR count). The summed E-state index contributed by atoms with van der Waals surface area (Å²) in [6.07, 6.45) is 8.01. The van der Waals surface area contributed by atoms with Gasteiger partial charge in [-0.05, 0) is 18.3 Å². The molecule has 0 aliphatic carbocycles. The largest absolute Gasteiger partial charge is 0.481 e. The first-order chi connectivity index (χ1) is 7.96. The molecule has 0 amide bonds. The number of nitrogens with two attached hydrogens (primary N) is 1. The van der Waals surface area contributed by atoms with Crippen molar-refractivity contribution in [2.75, 3.05) is 0 Å². The van der Waals surface area contributed by atoms with Crippen LogP contribution in [0.15, 0.2) is 0 Å². The van der Waals surface area contributed by atoms with Crippen LogP contribution in [-0.2, 0) is 4.79 Å². The van der Waals surface area contributed by atoms with Crippen molar-refractivity contribution in [1.82, 2.24) is 0 Å². The molecule has 0 bridgehead atoms. The molecule has 0 heterocycles. The number of hydrogen-bond acceptors (Lipinski definition) is 2. The van der Waals surface area contributed by atoms with Gasteiger partial charge in [0.1, 0.15) is 0 Å². The van der Waals surface area contributed by atoms with Crippen molar-refractivity contribution in [3.8, 4) is 0 Å². The fourth-order valence-corrected chi connectivity index (χ4v) is 2.38. The second-order valence-electron chi connectivity index (χ2n) is 5.40. The van der Waals surface area contributed by atoms with Gasteiger partial charge in [-0.15, -0.1) is 0 Å². The molecule has 3 N–H and O–H groups in total. The van der Waals surface area contributed by atoms with Gasteiger partial charge in [0, 0.05) is 6.04 Å². The Morgan fingerprint density at radius 2 is 1.82 bits per heavy atom. The van der Waals surface area contributed by atoms with Gasteiger partial charge < -0.3 is 10.8 Å². The molecule has 0 fully saturated rings. The zero-order valence-corrected chi connectivity index (χ0v) is 11.7. The van der Waals surface area contributed by atoms with E-state index in [0.29, 0.717) is 0 Å². The Labute approximate surface area is 106 Å². The van der Waals surface area contributed by atoms with Gasteiger partial charge in [-0.25, -0.2) is 0 Å². The van der Waals surface area contributed by atoms with E-state index in [1.807, 2.05) is 13.8 Å². The van der Waals surface area contributed by atoms with Crippen molar-refractivity contribution in [1.29, 1.82) is 0 Å². The molecule has 0 aliphatic heterocycles. The van der Waals surface area contributed by atoms with Crippen molar-refractivity contribution in [3.05, 3.63) is 0 Å². The van der Waals surface area contributed by atoms with E-state index in [-0.39, 0.29) is 17.9 Å². The monoisotopic (exact) mass is 243 g/mol. The number of hydrogen-bond donors (Lipinski definition) is 2. The molecule has 0 aromatic rings. The summed E-state index contributed by atoms with van der Waals surface area (Å²) in [6, 6.07) is -0.00947. The summed E-state index contributed by atoms with van der Waals surface area (Å²) in [5, 5.41) is 8.98. The topological polar surface area (TPSA) is 63.3 Å². The maximum atomic E-state index is 10.9. The van der Waals surface area contributed by atoms with Gasteiger partial charge >= 0.3 is 5.97 Å². The van der Waals surface area contributed by atoms with Crippen molar-refractivity contribution in [2.24, 2.45) is 11.1 Å². The van der Waals surface area contributed by atoms with Crippen molar-refractivity contribution < 1.29 is 9.90 Å². The molecule has 0 saturated carbocycles. The van der Waals surface area contributed by atoms with E-state index < -0.39 is 5.97 Å². The van der Waals surface area contributed by atoms with Gasteiger partial charge in [0.05, 0.1) is 6.42 Å². The lowest BCUT2D eigenvalue weighted by atomic mass is 9.74. The second kappa shape index (κ2) is 8.51. The quantitative estimate of drug-likeness (QED) is 0.577. The van der Waals surface area contributed by atoms with Crippen LogP contribution in [0, 0.1) is 5.41 Å². The Bertz CT molecular complexity index is 218. The van der Waals surface area contributed by atoms with Gasteiger partial charge in [-0.1, -0.05) is 52.9 Å². The fraction of sp³-hybridized carbons (Fsp3) is 0.929. The number of aliphatic carboxylic acids is 1. The van der Waals surface area contributed by atoms with Gasteiger partial charge in [0.15, 0.2) is 0 Å². The lowest BCUT2D eigenvalue weighted by Gasteiger charge is -2.34. The molecule has 0 aromatic heterocycles. The van der Waals surface area contributed by atoms with E-state index in [1.54, 1.807) is 0 Å². The van der Waals surface area contributed by atoms with Crippen LogP contribution in [0.5, 0.6) is 0 Å².